The fourth-order valence-corrected chi connectivity index (χ4v) is 4.51. The Morgan fingerprint density at radius 2 is 1.94 bits per heavy atom. The largest absolute Gasteiger partial charge is 0.550 e. The molecule has 1 unspecified atom stereocenters. The van der Waals surface area contributed by atoms with E-state index in [0.29, 0.717) is 18.1 Å². The van der Waals surface area contributed by atoms with Gasteiger partial charge in [0.1, 0.15) is 0 Å². The van der Waals surface area contributed by atoms with Crippen LogP contribution >= 0.6 is 0 Å². The quantitative estimate of drug-likeness (QED) is 0.569. The van der Waals surface area contributed by atoms with Gasteiger partial charge in [0.25, 0.3) is 5.89 Å². The second-order valence-electron chi connectivity index (χ2n) is 9.51. The van der Waals surface area contributed by atoms with Crippen molar-refractivity contribution in [1.29, 1.82) is 0 Å². The van der Waals surface area contributed by atoms with Gasteiger partial charge in [0.05, 0.1) is 19.6 Å². The Balaban J connectivity index is 1.41. The van der Waals surface area contributed by atoms with Crippen LogP contribution in [0.4, 0.5) is 0 Å². The average Bonchev–Trinajstić information content (AvgIpc) is 3.32. The molecule has 1 amide bonds. The van der Waals surface area contributed by atoms with Crippen molar-refractivity contribution in [3.05, 3.63) is 48.4 Å². The highest BCUT2D eigenvalue weighted by Crippen LogP contribution is 2.26. The molecule has 0 radical (unpaired) electrons. The van der Waals surface area contributed by atoms with Gasteiger partial charge in [-0.3, -0.25) is 4.79 Å². The molecule has 1 fully saturated rings. The maximum atomic E-state index is 12.5. The van der Waals surface area contributed by atoms with Crippen molar-refractivity contribution in [2.24, 2.45) is 5.41 Å². The van der Waals surface area contributed by atoms with E-state index in [1.54, 1.807) is 13.8 Å². The number of quaternary nitrogens is 1. The van der Waals surface area contributed by atoms with E-state index in [-0.39, 0.29) is 30.8 Å². The zero-order valence-electron chi connectivity index (χ0n) is 18.6. The number of hydrogen-bond donors (Lipinski definition) is 2. The van der Waals surface area contributed by atoms with Gasteiger partial charge in [-0.25, -0.2) is 0 Å². The monoisotopic (exact) mass is 436 g/mol. The van der Waals surface area contributed by atoms with Gasteiger partial charge < -0.3 is 24.6 Å². The third kappa shape index (κ3) is 4.96. The summed E-state index contributed by atoms with van der Waals surface area (Å²) >= 11 is 0. The number of nitrogens with zero attached hydrogens (tertiary/aromatic N) is 2. The SMILES string of the molecule is C[NH+]1C[C@@H](NC(=O)CC(C)(C)CC(=O)[O-])C[C@H]1c1nc(-c2ccc3ccccc3c2)no1. The summed E-state index contributed by atoms with van der Waals surface area (Å²) in [6, 6.07) is 14.1. The zero-order valence-corrected chi connectivity index (χ0v) is 18.6. The molecule has 3 aromatic rings. The predicted molar refractivity (Wildman–Crippen MR) is 116 cm³/mol. The summed E-state index contributed by atoms with van der Waals surface area (Å²) < 4.78 is 5.60. The highest BCUT2D eigenvalue weighted by atomic mass is 16.5. The Labute approximate surface area is 186 Å². The van der Waals surface area contributed by atoms with E-state index in [1.807, 2.05) is 37.4 Å². The number of fused-ring (bicyclic) bond motifs is 1. The summed E-state index contributed by atoms with van der Waals surface area (Å²) in [5, 5.41) is 20.4. The maximum Gasteiger partial charge on any atom is 0.285 e. The van der Waals surface area contributed by atoms with Crippen molar-refractivity contribution < 1.29 is 24.1 Å². The van der Waals surface area contributed by atoms with Gasteiger partial charge in [0.15, 0.2) is 6.04 Å². The zero-order chi connectivity index (χ0) is 22.9. The van der Waals surface area contributed by atoms with E-state index in [1.165, 1.54) is 4.90 Å². The molecule has 1 aliphatic rings. The standard InChI is InChI=1S/C24H28N4O4/c1-24(2,13-21(30)31)12-20(29)25-18-11-19(28(3)14-18)23-26-22(27-32-23)17-9-8-15-6-4-5-7-16(15)10-17/h4-10,18-19H,11-14H2,1-3H3,(H,25,29)(H,30,31)/t18-,19-/m0/s1. The van der Waals surface area contributed by atoms with Crippen LogP contribution in [0.5, 0.6) is 0 Å². The summed E-state index contributed by atoms with van der Waals surface area (Å²) in [6.45, 7) is 4.24. The number of rotatable bonds is 7. The number of carboxylic acids is 1. The molecule has 0 aliphatic carbocycles. The number of likely N-dealkylation sites (N-methyl/N-ethyl adjacent to an activating group) is 1. The lowest BCUT2D eigenvalue weighted by molar-refractivity contribution is -0.900. The molecule has 4 rings (SSSR count). The number of carbonyl (C=O) groups is 2. The summed E-state index contributed by atoms with van der Waals surface area (Å²) in [5.41, 5.74) is 0.246. The van der Waals surface area contributed by atoms with Crippen LogP contribution in [0.25, 0.3) is 22.2 Å². The molecule has 2 aromatic carbocycles. The van der Waals surface area contributed by atoms with Crippen molar-refractivity contribution in [2.75, 3.05) is 13.6 Å². The maximum absolute atomic E-state index is 12.5. The normalized spacial score (nSPS) is 21.0. The van der Waals surface area contributed by atoms with Gasteiger partial charge in [-0.15, -0.1) is 0 Å². The van der Waals surface area contributed by atoms with Crippen LogP contribution in [0, 0.1) is 5.41 Å². The summed E-state index contributed by atoms with van der Waals surface area (Å²) in [5.74, 6) is -0.196. The minimum absolute atomic E-state index is 0.0155. The molecule has 8 heteroatoms. The Hall–Kier alpha value is -3.26. The van der Waals surface area contributed by atoms with Crippen molar-refractivity contribution >= 4 is 22.6 Å². The van der Waals surface area contributed by atoms with Gasteiger partial charge in [-0.1, -0.05) is 55.4 Å². The molecule has 168 valence electrons. The predicted octanol–water partition coefficient (Wildman–Crippen LogP) is 0.890. The minimum Gasteiger partial charge on any atom is -0.550 e. The van der Waals surface area contributed by atoms with E-state index in [2.05, 4.69) is 27.6 Å². The number of carboxylic acid groups (broad SMARTS) is 1. The third-order valence-electron chi connectivity index (χ3n) is 6.06. The molecule has 0 spiro atoms. The Morgan fingerprint density at radius 3 is 2.69 bits per heavy atom. The van der Waals surface area contributed by atoms with Gasteiger partial charge in [0.2, 0.25) is 11.7 Å². The van der Waals surface area contributed by atoms with Gasteiger partial charge in [-0.2, -0.15) is 4.98 Å². The average molecular weight is 437 g/mol. The van der Waals surface area contributed by atoms with Crippen molar-refractivity contribution in [2.45, 2.75) is 45.2 Å². The smallest absolute Gasteiger partial charge is 0.285 e. The summed E-state index contributed by atoms with van der Waals surface area (Å²) in [6.07, 6.45) is 0.657. The third-order valence-corrected chi connectivity index (χ3v) is 6.06. The molecule has 0 bridgehead atoms. The van der Waals surface area contributed by atoms with Crippen LogP contribution in [0.3, 0.4) is 0 Å². The Morgan fingerprint density at radius 1 is 1.19 bits per heavy atom. The summed E-state index contributed by atoms with van der Waals surface area (Å²) in [7, 11) is 2.04. The van der Waals surface area contributed by atoms with E-state index >= 15 is 0 Å². The number of aromatic nitrogens is 2. The number of nitrogens with one attached hydrogen (secondary N) is 2. The number of aliphatic carboxylic acids is 1. The van der Waals surface area contributed by atoms with Crippen LogP contribution < -0.4 is 15.3 Å². The van der Waals surface area contributed by atoms with Crippen molar-refractivity contribution in [3.63, 3.8) is 0 Å². The first-order valence-electron chi connectivity index (χ1n) is 10.8. The van der Waals surface area contributed by atoms with E-state index in [4.69, 9.17) is 4.52 Å². The number of amides is 1. The highest BCUT2D eigenvalue weighted by Gasteiger charge is 2.39. The molecule has 2 heterocycles. The second kappa shape index (κ2) is 8.70. The highest BCUT2D eigenvalue weighted by molar-refractivity contribution is 5.86. The first kappa shape index (κ1) is 22.0. The molecular formula is C24H28N4O4. The van der Waals surface area contributed by atoms with Gasteiger partial charge >= 0.3 is 0 Å². The molecule has 2 N–H and O–H groups in total. The Bertz CT molecular complexity index is 1140. The molecule has 0 saturated carbocycles. The van der Waals surface area contributed by atoms with E-state index in [9.17, 15) is 14.7 Å². The molecule has 1 aromatic heterocycles. The van der Waals surface area contributed by atoms with E-state index in [0.717, 1.165) is 22.9 Å². The van der Waals surface area contributed by atoms with Crippen molar-refractivity contribution in [1.82, 2.24) is 15.5 Å². The van der Waals surface area contributed by atoms with Crippen LogP contribution in [0.2, 0.25) is 0 Å². The minimum atomic E-state index is -1.15. The van der Waals surface area contributed by atoms with Crippen LogP contribution in [0.15, 0.2) is 47.0 Å². The number of carbonyl (C=O) groups excluding carboxylic acids is 2. The molecule has 8 nitrogen and oxygen atoms in total. The first-order valence-corrected chi connectivity index (χ1v) is 10.8. The fourth-order valence-electron chi connectivity index (χ4n) is 4.51. The molecule has 32 heavy (non-hydrogen) atoms. The molecule has 3 atom stereocenters. The lowest BCUT2D eigenvalue weighted by Crippen LogP contribution is -3.07. The molecular weight excluding hydrogens is 408 g/mol. The fraction of sp³-hybridized carbons (Fsp3) is 0.417. The summed E-state index contributed by atoms with van der Waals surface area (Å²) in [4.78, 5) is 29.2. The number of likely N-dealkylation sites (tertiary alicyclic amines) is 1. The van der Waals surface area contributed by atoms with E-state index < -0.39 is 11.4 Å². The number of benzene rings is 2. The lowest BCUT2D eigenvalue weighted by Gasteiger charge is -2.24. The van der Waals surface area contributed by atoms with Crippen molar-refractivity contribution in [3.8, 4) is 11.4 Å². The second-order valence-corrected chi connectivity index (χ2v) is 9.51. The van der Waals surface area contributed by atoms with Crippen LogP contribution in [-0.4, -0.2) is 41.7 Å². The van der Waals surface area contributed by atoms with Gasteiger partial charge in [-0.05, 0) is 28.7 Å². The molecule has 1 saturated heterocycles. The van der Waals surface area contributed by atoms with Gasteiger partial charge in [0, 0.05) is 24.4 Å². The topological polar surface area (TPSA) is 113 Å². The number of hydrogen-bond acceptors (Lipinski definition) is 6. The molecule has 1 aliphatic heterocycles. The first-order chi connectivity index (χ1) is 15.2. The van der Waals surface area contributed by atoms with Crippen LogP contribution in [-0.2, 0) is 9.59 Å². The lowest BCUT2D eigenvalue weighted by atomic mass is 9.85. The Kier molecular flexibility index (Phi) is 5.97. The van der Waals surface area contributed by atoms with Crippen LogP contribution in [0.1, 0.15) is 45.0 Å².